The first-order valence-electron chi connectivity index (χ1n) is 5.74. The monoisotopic (exact) mass is 218 g/mol. The van der Waals surface area contributed by atoms with Gasteiger partial charge in [-0.2, -0.15) is 0 Å². The predicted octanol–water partition coefficient (Wildman–Crippen LogP) is 4.27. The van der Waals surface area contributed by atoms with E-state index in [-0.39, 0.29) is 11.2 Å². The minimum atomic E-state index is -0.225. The Morgan fingerprint density at radius 3 is 2.50 bits per heavy atom. The lowest BCUT2D eigenvalue weighted by molar-refractivity contribution is 0.581. The zero-order chi connectivity index (χ0) is 12.2. The zero-order valence-corrected chi connectivity index (χ0v) is 10.5. The fourth-order valence-electron chi connectivity index (χ4n) is 1.37. The highest BCUT2D eigenvalue weighted by molar-refractivity contribution is 5.40. The average molecular weight is 218 g/mol. The number of rotatable bonds is 1. The van der Waals surface area contributed by atoms with E-state index in [4.69, 9.17) is 0 Å². The van der Waals surface area contributed by atoms with Crippen molar-refractivity contribution in [3.63, 3.8) is 0 Å². The van der Waals surface area contributed by atoms with E-state index in [9.17, 15) is 4.39 Å². The van der Waals surface area contributed by atoms with Crippen LogP contribution >= 0.6 is 0 Å². The van der Waals surface area contributed by atoms with Crippen molar-refractivity contribution in [1.82, 2.24) is 0 Å². The van der Waals surface area contributed by atoms with Gasteiger partial charge in [0.05, 0.1) is 5.56 Å². The minimum absolute atomic E-state index is 0.0366. The molecule has 0 aromatic heterocycles. The molecule has 0 aliphatic carbocycles. The van der Waals surface area contributed by atoms with Crippen LogP contribution in [0.4, 0.5) is 4.39 Å². The maximum Gasteiger partial charge on any atom is 0.138 e. The summed E-state index contributed by atoms with van der Waals surface area (Å²) in [5.74, 6) is 5.66. The summed E-state index contributed by atoms with van der Waals surface area (Å²) in [4.78, 5) is 0. The smallest absolute Gasteiger partial charge is 0.138 e. The number of benzene rings is 1. The summed E-state index contributed by atoms with van der Waals surface area (Å²) in [6.07, 6.45) is 1.83. The maximum absolute atomic E-state index is 13.5. The lowest BCUT2D eigenvalue weighted by Crippen LogP contribution is -2.11. The summed E-state index contributed by atoms with van der Waals surface area (Å²) in [7, 11) is 0. The van der Waals surface area contributed by atoms with E-state index in [0.29, 0.717) is 5.56 Å². The number of hydrogen-bond acceptors (Lipinski definition) is 0. The van der Waals surface area contributed by atoms with E-state index in [1.165, 1.54) is 6.07 Å². The van der Waals surface area contributed by atoms with E-state index in [1.807, 2.05) is 12.1 Å². The molecule has 0 amide bonds. The Morgan fingerprint density at radius 1 is 1.25 bits per heavy atom. The van der Waals surface area contributed by atoms with Gasteiger partial charge in [-0.25, -0.2) is 4.39 Å². The van der Waals surface area contributed by atoms with Gasteiger partial charge >= 0.3 is 0 Å². The Kier molecular flexibility index (Phi) is 4.12. The van der Waals surface area contributed by atoms with Crippen molar-refractivity contribution in [3.8, 4) is 11.8 Å². The van der Waals surface area contributed by atoms with Crippen LogP contribution in [0.15, 0.2) is 18.2 Å². The Hall–Kier alpha value is -1.29. The van der Waals surface area contributed by atoms with Gasteiger partial charge in [0.2, 0.25) is 0 Å². The topological polar surface area (TPSA) is 0 Å². The van der Waals surface area contributed by atoms with E-state index in [1.54, 1.807) is 0 Å². The maximum atomic E-state index is 13.5. The summed E-state index contributed by atoms with van der Waals surface area (Å²) >= 11 is 0. The standard InChI is InChI=1S/C15H19F/c1-5-6-7-8-12-11-13(15(2,3)4)9-10-14(12)16/h9-11H,5-6H2,1-4H3. The first-order valence-corrected chi connectivity index (χ1v) is 5.74. The molecule has 0 bridgehead atoms. The Bertz CT molecular complexity index is 413. The van der Waals surface area contributed by atoms with Crippen molar-refractivity contribution in [3.05, 3.63) is 35.1 Å². The van der Waals surface area contributed by atoms with Crippen molar-refractivity contribution in [2.45, 2.75) is 46.0 Å². The largest absolute Gasteiger partial charge is 0.206 e. The number of hydrogen-bond donors (Lipinski definition) is 0. The van der Waals surface area contributed by atoms with Crippen molar-refractivity contribution in [2.24, 2.45) is 0 Å². The Labute approximate surface area is 97.9 Å². The van der Waals surface area contributed by atoms with Gasteiger partial charge in [0.1, 0.15) is 5.82 Å². The van der Waals surface area contributed by atoms with Gasteiger partial charge in [0.15, 0.2) is 0 Å². The van der Waals surface area contributed by atoms with E-state index < -0.39 is 0 Å². The van der Waals surface area contributed by atoms with Gasteiger partial charge in [-0.3, -0.25) is 0 Å². The molecule has 1 heteroatoms. The van der Waals surface area contributed by atoms with Crippen molar-refractivity contribution in [2.75, 3.05) is 0 Å². The zero-order valence-electron chi connectivity index (χ0n) is 10.5. The quantitative estimate of drug-likeness (QED) is 0.617. The lowest BCUT2D eigenvalue weighted by Gasteiger charge is -2.19. The summed E-state index contributed by atoms with van der Waals surface area (Å²) < 4.78 is 13.5. The van der Waals surface area contributed by atoms with Gasteiger partial charge in [0, 0.05) is 6.42 Å². The SMILES string of the molecule is CCCC#Cc1cc(C(C)(C)C)ccc1F. The van der Waals surface area contributed by atoms with Crippen LogP contribution in [-0.4, -0.2) is 0 Å². The molecule has 1 rings (SSSR count). The molecule has 0 atom stereocenters. The normalized spacial score (nSPS) is 10.8. The van der Waals surface area contributed by atoms with Gasteiger partial charge in [-0.15, -0.1) is 0 Å². The first-order chi connectivity index (χ1) is 7.45. The second-order valence-corrected chi connectivity index (χ2v) is 5.00. The third-order valence-electron chi connectivity index (χ3n) is 2.43. The fraction of sp³-hybridized carbons (Fsp3) is 0.467. The third-order valence-corrected chi connectivity index (χ3v) is 2.43. The number of unbranched alkanes of at least 4 members (excludes halogenated alkanes) is 1. The molecule has 0 nitrogen and oxygen atoms in total. The van der Waals surface area contributed by atoms with Crippen LogP contribution in [0.3, 0.4) is 0 Å². The molecule has 0 aliphatic heterocycles. The van der Waals surface area contributed by atoms with Crippen LogP contribution in [0.1, 0.15) is 51.7 Å². The molecular weight excluding hydrogens is 199 g/mol. The second kappa shape index (κ2) is 5.16. The van der Waals surface area contributed by atoms with Crippen LogP contribution in [0.25, 0.3) is 0 Å². The van der Waals surface area contributed by atoms with E-state index in [0.717, 1.165) is 18.4 Å². The first kappa shape index (κ1) is 12.8. The van der Waals surface area contributed by atoms with Crippen LogP contribution in [-0.2, 0) is 5.41 Å². The molecule has 1 aromatic rings. The van der Waals surface area contributed by atoms with Crippen LogP contribution < -0.4 is 0 Å². The molecule has 16 heavy (non-hydrogen) atoms. The molecule has 0 N–H and O–H groups in total. The van der Waals surface area contributed by atoms with Crippen LogP contribution in [0.5, 0.6) is 0 Å². The van der Waals surface area contributed by atoms with Crippen molar-refractivity contribution < 1.29 is 4.39 Å². The van der Waals surface area contributed by atoms with Crippen molar-refractivity contribution in [1.29, 1.82) is 0 Å². The highest BCUT2D eigenvalue weighted by atomic mass is 19.1. The highest BCUT2D eigenvalue weighted by Crippen LogP contribution is 2.23. The predicted molar refractivity (Wildman–Crippen MR) is 66.9 cm³/mol. The molecule has 0 saturated heterocycles. The van der Waals surface area contributed by atoms with Crippen LogP contribution in [0, 0.1) is 17.7 Å². The Morgan fingerprint density at radius 2 is 1.94 bits per heavy atom. The summed E-state index contributed by atoms with van der Waals surface area (Å²) in [6.45, 7) is 8.41. The summed E-state index contributed by atoms with van der Waals surface area (Å²) in [5.41, 5.74) is 1.67. The van der Waals surface area contributed by atoms with Gasteiger partial charge in [-0.05, 0) is 29.5 Å². The van der Waals surface area contributed by atoms with Crippen molar-refractivity contribution >= 4 is 0 Å². The molecule has 0 saturated carbocycles. The lowest BCUT2D eigenvalue weighted by atomic mass is 9.86. The molecule has 0 radical (unpaired) electrons. The molecule has 1 aromatic carbocycles. The third kappa shape index (κ3) is 3.38. The molecule has 0 aliphatic rings. The molecule has 86 valence electrons. The highest BCUT2D eigenvalue weighted by Gasteiger charge is 2.14. The summed E-state index contributed by atoms with van der Waals surface area (Å²) in [5, 5.41) is 0. The molecule has 0 spiro atoms. The summed E-state index contributed by atoms with van der Waals surface area (Å²) in [6, 6.07) is 5.20. The molecular formula is C15H19F. The Balaban J connectivity index is 3.06. The number of halogens is 1. The van der Waals surface area contributed by atoms with Gasteiger partial charge < -0.3 is 0 Å². The molecule has 0 fully saturated rings. The van der Waals surface area contributed by atoms with E-state index in [2.05, 4.69) is 39.5 Å². The van der Waals surface area contributed by atoms with E-state index >= 15 is 0 Å². The molecule has 0 unspecified atom stereocenters. The fourth-order valence-corrected chi connectivity index (χ4v) is 1.37. The van der Waals surface area contributed by atoms with Gasteiger partial charge in [0.25, 0.3) is 0 Å². The molecule has 0 heterocycles. The average Bonchev–Trinajstić information content (AvgIpc) is 2.19. The minimum Gasteiger partial charge on any atom is -0.206 e. The van der Waals surface area contributed by atoms with Gasteiger partial charge in [-0.1, -0.05) is 45.6 Å². The second-order valence-electron chi connectivity index (χ2n) is 5.00. The van der Waals surface area contributed by atoms with Crippen LogP contribution in [0.2, 0.25) is 0 Å².